The summed E-state index contributed by atoms with van der Waals surface area (Å²) in [5.41, 5.74) is 0. The van der Waals surface area contributed by atoms with E-state index in [0.717, 1.165) is 11.3 Å². The van der Waals surface area contributed by atoms with Crippen LogP contribution in [0, 0.1) is 0 Å². The van der Waals surface area contributed by atoms with Crippen molar-refractivity contribution in [1.29, 1.82) is 0 Å². The van der Waals surface area contributed by atoms with Crippen LogP contribution in [-0.4, -0.2) is 46.3 Å². The van der Waals surface area contributed by atoms with Crippen molar-refractivity contribution in [3.8, 4) is 0 Å². The lowest BCUT2D eigenvalue weighted by Gasteiger charge is -2.34. The first-order chi connectivity index (χ1) is 7.56. The molecule has 1 aliphatic rings. The molecule has 0 unspecified atom stereocenters. The molecule has 1 aromatic heterocycles. The van der Waals surface area contributed by atoms with Gasteiger partial charge in [-0.3, -0.25) is 4.79 Å². The van der Waals surface area contributed by atoms with Gasteiger partial charge in [-0.1, -0.05) is 11.3 Å². The zero-order chi connectivity index (χ0) is 11.7. The molecular formula is C9H12ClN3O2S. The maximum atomic E-state index is 12.0. The highest BCUT2D eigenvalue weighted by atomic mass is 35.5. The van der Waals surface area contributed by atoms with Gasteiger partial charge < -0.3 is 9.64 Å². The third kappa shape index (κ3) is 2.50. The van der Waals surface area contributed by atoms with Crippen LogP contribution in [0.25, 0.3) is 0 Å². The zero-order valence-electron chi connectivity index (χ0n) is 9.01. The monoisotopic (exact) mass is 261 g/mol. The van der Waals surface area contributed by atoms with E-state index in [2.05, 4.69) is 10.2 Å². The molecule has 7 heteroatoms. The topological polar surface area (TPSA) is 55.3 Å². The molecule has 2 atom stereocenters. The summed E-state index contributed by atoms with van der Waals surface area (Å²) < 4.78 is 5.84. The number of hydrogen-bond donors (Lipinski definition) is 0. The van der Waals surface area contributed by atoms with Crippen LogP contribution in [0.1, 0.15) is 23.6 Å². The van der Waals surface area contributed by atoms with Gasteiger partial charge >= 0.3 is 0 Å². The molecule has 0 saturated carbocycles. The number of carbonyl (C=O) groups is 1. The smallest absolute Gasteiger partial charge is 0.285 e. The Labute approximate surface area is 102 Å². The predicted molar refractivity (Wildman–Crippen MR) is 60.8 cm³/mol. The van der Waals surface area contributed by atoms with E-state index < -0.39 is 0 Å². The molecule has 88 valence electrons. The Morgan fingerprint density at radius 3 is 2.56 bits per heavy atom. The lowest BCUT2D eigenvalue weighted by atomic mass is 10.2. The van der Waals surface area contributed by atoms with E-state index in [4.69, 9.17) is 16.3 Å². The largest absolute Gasteiger partial charge is 0.372 e. The number of nitrogens with zero attached hydrogens (tertiary/aromatic N) is 3. The summed E-state index contributed by atoms with van der Waals surface area (Å²) in [6.07, 6.45) is 0.104. The van der Waals surface area contributed by atoms with Crippen molar-refractivity contribution in [2.75, 3.05) is 13.1 Å². The first-order valence-corrected chi connectivity index (χ1v) is 6.19. The lowest BCUT2D eigenvalue weighted by Crippen LogP contribution is -2.48. The van der Waals surface area contributed by atoms with Crippen LogP contribution >= 0.6 is 22.9 Å². The van der Waals surface area contributed by atoms with Gasteiger partial charge in [-0.2, -0.15) is 0 Å². The Morgan fingerprint density at radius 2 is 2.06 bits per heavy atom. The summed E-state index contributed by atoms with van der Waals surface area (Å²) in [7, 11) is 0. The predicted octanol–water partition coefficient (Wildman–Crippen LogP) is 1.44. The molecule has 1 saturated heterocycles. The van der Waals surface area contributed by atoms with E-state index in [1.807, 2.05) is 13.8 Å². The summed E-state index contributed by atoms with van der Waals surface area (Å²) in [6.45, 7) is 5.06. The number of aromatic nitrogens is 2. The average molecular weight is 262 g/mol. The van der Waals surface area contributed by atoms with E-state index in [9.17, 15) is 4.79 Å². The van der Waals surface area contributed by atoms with Gasteiger partial charge in [0.15, 0.2) is 0 Å². The molecule has 1 amide bonds. The fourth-order valence-electron chi connectivity index (χ4n) is 1.77. The van der Waals surface area contributed by atoms with Gasteiger partial charge in [0.1, 0.15) is 0 Å². The second-order valence-corrected chi connectivity index (χ2v) is 5.39. The van der Waals surface area contributed by atoms with E-state index in [-0.39, 0.29) is 22.6 Å². The van der Waals surface area contributed by atoms with Crippen molar-refractivity contribution in [2.45, 2.75) is 26.1 Å². The first kappa shape index (κ1) is 11.8. The third-order valence-corrected chi connectivity index (χ3v) is 3.30. The standard InChI is InChI=1S/C9H12ClN3O2S/c1-5-3-13(4-6(2)15-5)8(14)7-11-12-9(10)16-7/h5-6H,3-4H2,1-2H3/t5-,6+. The maximum Gasteiger partial charge on any atom is 0.285 e. The minimum atomic E-state index is -0.119. The van der Waals surface area contributed by atoms with E-state index in [1.165, 1.54) is 0 Å². The van der Waals surface area contributed by atoms with Gasteiger partial charge in [0.05, 0.1) is 12.2 Å². The first-order valence-electron chi connectivity index (χ1n) is 5.00. The van der Waals surface area contributed by atoms with Crippen LogP contribution < -0.4 is 0 Å². The number of morpholine rings is 1. The Kier molecular flexibility index (Phi) is 3.41. The Morgan fingerprint density at radius 1 is 1.44 bits per heavy atom. The summed E-state index contributed by atoms with van der Waals surface area (Å²) in [5.74, 6) is -0.119. The molecule has 0 radical (unpaired) electrons. The van der Waals surface area contributed by atoms with E-state index >= 15 is 0 Å². The summed E-state index contributed by atoms with van der Waals surface area (Å²) >= 11 is 6.75. The number of carbonyl (C=O) groups excluding carboxylic acids is 1. The second-order valence-electron chi connectivity index (χ2n) is 3.83. The van der Waals surface area contributed by atoms with Gasteiger partial charge in [0.2, 0.25) is 9.47 Å². The molecule has 16 heavy (non-hydrogen) atoms. The van der Waals surface area contributed by atoms with Crippen LogP contribution in [0.15, 0.2) is 0 Å². The molecule has 0 bridgehead atoms. The van der Waals surface area contributed by atoms with Crippen LogP contribution in [0.4, 0.5) is 0 Å². The minimum Gasteiger partial charge on any atom is -0.372 e. The second kappa shape index (κ2) is 4.65. The molecule has 0 aliphatic carbocycles. The maximum absolute atomic E-state index is 12.0. The number of hydrogen-bond acceptors (Lipinski definition) is 5. The quantitative estimate of drug-likeness (QED) is 0.768. The molecule has 1 aliphatic heterocycles. The van der Waals surface area contributed by atoms with Crippen molar-refractivity contribution in [3.05, 3.63) is 9.47 Å². The number of rotatable bonds is 1. The highest BCUT2D eigenvalue weighted by Crippen LogP contribution is 2.19. The van der Waals surface area contributed by atoms with Crippen molar-refractivity contribution in [2.24, 2.45) is 0 Å². The van der Waals surface area contributed by atoms with Crippen molar-refractivity contribution < 1.29 is 9.53 Å². The van der Waals surface area contributed by atoms with Gasteiger partial charge in [0, 0.05) is 13.1 Å². The molecule has 1 aromatic rings. The lowest BCUT2D eigenvalue weighted by molar-refractivity contribution is -0.0586. The van der Waals surface area contributed by atoms with Gasteiger partial charge in [-0.25, -0.2) is 0 Å². The minimum absolute atomic E-state index is 0.0519. The van der Waals surface area contributed by atoms with Crippen molar-refractivity contribution in [1.82, 2.24) is 15.1 Å². The third-order valence-electron chi connectivity index (χ3n) is 2.29. The van der Waals surface area contributed by atoms with E-state index in [0.29, 0.717) is 18.1 Å². The van der Waals surface area contributed by atoms with E-state index in [1.54, 1.807) is 4.90 Å². The SMILES string of the molecule is C[C@@H]1CN(C(=O)c2nnc(Cl)s2)C[C@H](C)O1. The zero-order valence-corrected chi connectivity index (χ0v) is 10.6. The highest BCUT2D eigenvalue weighted by Gasteiger charge is 2.28. The molecule has 1 fully saturated rings. The number of ether oxygens (including phenoxy) is 1. The summed E-state index contributed by atoms with van der Waals surface area (Å²) in [4.78, 5) is 13.8. The van der Waals surface area contributed by atoms with Gasteiger partial charge in [0.25, 0.3) is 5.91 Å². The average Bonchev–Trinajstić information content (AvgIpc) is 2.62. The molecule has 0 spiro atoms. The molecule has 2 rings (SSSR count). The molecular weight excluding hydrogens is 250 g/mol. The summed E-state index contributed by atoms with van der Waals surface area (Å²) in [6, 6.07) is 0. The molecule has 2 heterocycles. The fraction of sp³-hybridized carbons (Fsp3) is 0.667. The Bertz CT molecular complexity index is 388. The fourth-order valence-corrected chi connectivity index (χ4v) is 2.57. The molecule has 5 nitrogen and oxygen atoms in total. The van der Waals surface area contributed by atoms with Crippen LogP contribution in [0.2, 0.25) is 4.47 Å². The Hall–Kier alpha value is -0.720. The normalized spacial score (nSPS) is 25.8. The van der Waals surface area contributed by atoms with Crippen molar-refractivity contribution in [3.63, 3.8) is 0 Å². The van der Waals surface area contributed by atoms with Crippen LogP contribution in [0.3, 0.4) is 0 Å². The number of halogens is 1. The molecule has 0 N–H and O–H groups in total. The van der Waals surface area contributed by atoms with Gasteiger partial charge in [-0.05, 0) is 25.4 Å². The van der Waals surface area contributed by atoms with Gasteiger partial charge in [-0.15, -0.1) is 10.2 Å². The molecule has 0 aromatic carbocycles. The van der Waals surface area contributed by atoms with Crippen LogP contribution in [-0.2, 0) is 4.74 Å². The van der Waals surface area contributed by atoms with Crippen LogP contribution in [0.5, 0.6) is 0 Å². The Balaban J connectivity index is 2.09. The van der Waals surface area contributed by atoms with Crippen molar-refractivity contribution >= 4 is 28.8 Å². The summed E-state index contributed by atoms with van der Waals surface area (Å²) in [5, 5.41) is 7.71. The number of amides is 1. The highest BCUT2D eigenvalue weighted by molar-refractivity contribution is 7.17.